The predicted octanol–water partition coefficient (Wildman–Crippen LogP) is 1.13. The van der Waals surface area contributed by atoms with Gasteiger partial charge in [-0.25, -0.2) is 4.98 Å². The highest BCUT2D eigenvalue weighted by atomic mass is 16.5. The number of fused-ring (bicyclic) bond motifs is 1. The molecule has 0 radical (unpaired) electrons. The first-order chi connectivity index (χ1) is 13.6. The maximum atomic E-state index is 12.9. The van der Waals surface area contributed by atoms with Crippen molar-refractivity contribution in [3.05, 3.63) is 46.5 Å². The largest absolute Gasteiger partial charge is 0.379 e. The van der Waals surface area contributed by atoms with Crippen LogP contribution in [0, 0.1) is 0 Å². The first-order valence-electron chi connectivity index (χ1n) is 9.00. The zero-order valence-corrected chi connectivity index (χ0v) is 15.4. The van der Waals surface area contributed by atoms with Gasteiger partial charge >= 0.3 is 0 Å². The molecule has 0 aromatic carbocycles. The number of carbonyl (C=O) groups excluding carboxylic acids is 1. The summed E-state index contributed by atoms with van der Waals surface area (Å²) < 4.78 is 8.67. The van der Waals surface area contributed by atoms with E-state index in [0.717, 1.165) is 19.4 Å². The second kappa shape index (κ2) is 7.31. The van der Waals surface area contributed by atoms with Gasteiger partial charge in [-0.1, -0.05) is 0 Å². The Morgan fingerprint density at radius 1 is 1.43 bits per heavy atom. The van der Waals surface area contributed by atoms with Gasteiger partial charge in [-0.2, -0.15) is 9.61 Å². The molecule has 0 aliphatic carbocycles. The van der Waals surface area contributed by atoms with Crippen LogP contribution in [0.25, 0.3) is 5.65 Å². The van der Waals surface area contributed by atoms with Gasteiger partial charge in [0, 0.05) is 25.9 Å². The highest BCUT2D eigenvalue weighted by molar-refractivity contribution is 5.98. The Balaban J connectivity index is 1.73. The van der Waals surface area contributed by atoms with Crippen LogP contribution in [-0.2, 0) is 4.74 Å². The minimum absolute atomic E-state index is 0.0163. The Bertz CT molecular complexity index is 1080. The number of primary amides is 1. The fourth-order valence-corrected chi connectivity index (χ4v) is 3.35. The Morgan fingerprint density at radius 3 is 3.00 bits per heavy atom. The van der Waals surface area contributed by atoms with E-state index >= 15 is 0 Å². The average molecular weight is 383 g/mol. The lowest BCUT2D eigenvalue weighted by molar-refractivity contribution is 0.0581. The Hall–Kier alpha value is -3.40. The summed E-state index contributed by atoms with van der Waals surface area (Å²) in [6, 6.07) is 5.22. The highest BCUT2D eigenvalue weighted by Gasteiger charge is 2.19. The van der Waals surface area contributed by atoms with Crippen LogP contribution in [0.5, 0.6) is 0 Å². The summed E-state index contributed by atoms with van der Waals surface area (Å²) in [5.74, 6) is 0.368. The van der Waals surface area contributed by atoms with Gasteiger partial charge < -0.3 is 25.7 Å². The number of rotatable bonds is 5. The molecule has 1 amide bonds. The minimum Gasteiger partial charge on any atom is -0.379 e. The Labute approximate surface area is 160 Å². The van der Waals surface area contributed by atoms with Crippen molar-refractivity contribution >= 4 is 28.9 Å². The van der Waals surface area contributed by atoms with Crippen molar-refractivity contribution in [2.75, 3.05) is 30.9 Å². The van der Waals surface area contributed by atoms with Crippen LogP contribution in [0.15, 0.2) is 35.4 Å². The third-order valence-corrected chi connectivity index (χ3v) is 4.76. The van der Waals surface area contributed by atoms with Crippen LogP contribution in [0.1, 0.15) is 29.2 Å². The van der Waals surface area contributed by atoms with Gasteiger partial charge in [0.1, 0.15) is 22.9 Å². The van der Waals surface area contributed by atoms with E-state index in [0.29, 0.717) is 29.6 Å². The highest BCUT2D eigenvalue weighted by Crippen LogP contribution is 2.22. The molecule has 1 aliphatic rings. The van der Waals surface area contributed by atoms with E-state index in [1.807, 2.05) is 6.07 Å². The van der Waals surface area contributed by atoms with Crippen molar-refractivity contribution < 1.29 is 9.53 Å². The zero-order chi connectivity index (χ0) is 19.7. The molecular weight excluding hydrogens is 362 g/mol. The molecule has 1 fully saturated rings. The van der Waals surface area contributed by atoms with Gasteiger partial charge in [0.15, 0.2) is 5.65 Å². The SMILES string of the molecule is CNc1cc(Nc2cccn([C@@H]3CCCOC3)c2=O)nc2c(C(N)=O)cnn12. The zero-order valence-electron chi connectivity index (χ0n) is 15.4. The molecule has 0 unspecified atom stereocenters. The lowest BCUT2D eigenvalue weighted by atomic mass is 10.1. The molecule has 146 valence electrons. The van der Waals surface area contributed by atoms with Crippen LogP contribution >= 0.6 is 0 Å². The number of nitrogens with one attached hydrogen (secondary N) is 2. The molecule has 4 N–H and O–H groups in total. The van der Waals surface area contributed by atoms with Crippen molar-refractivity contribution in [3.63, 3.8) is 0 Å². The van der Waals surface area contributed by atoms with Gasteiger partial charge in [-0.15, -0.1) is 0 Å². The lowest BCUT2D eigenvalue weighted by Crippen LogP contribution is -2.31. The molecule has 0 spiro atoms. The first kappa shape index (κ1) is 18.0. The van der Waals surface area contributed by atoms with Crippen molar-refractivity contribution in [3.8, 4) is 0 Å². The molecule has 1 aliphatic heterocycles. The summed E-state index contributed by atoms with van der Waals surface area (Å²) in [6.07, 6.45) is 4.96. The summed E-state index contributed by atoms with van der Waals surface area (Å²) in [4.78, 5) is 29.0. The van der Waals surface area contributed by atoms with Crippen LogP contribution in [0.3, 0.4) is 0 Å². The molecule has 10 nitrogen and oxygen atoms in total. The van der Waals surface area contributed by atoms with Gasteiger partial charge in [0.2, 0.25) is 0 Å². The number of ether oxygens (including phenoxy) is 1. The van der Waals surface area contributed by atoms with Gasteiger partial charge in [-0.3, -0.25) is 9.59 Å². The summed E-state index contributed by atoms with van der Waals surface area (Å²) in [5, 5.41) is 10.2. The first-order valence-corrected chi connectivity index (χ1v) is 9.00. The fourth-order valence-electron chi connectivity index (χ4n) is 3.35. The van der Waals surface area contributed by atoms with Crippen molar-refractivity contribution in [1.82, 2.24) is 19.2 Å². The number of hydrogen-bond acceptors (Lipinski definition) is 7. The molecule has 4 rings (SSSR count). The number of pyridine rings is 1. The maximum absolute atomic E-state index is 12.9. The number of nitrogens with two attached hydrogens (primary N) is 1. The number of aromatic nitrogens is 4. The van der Waals surface area contributed by atoms with Gasteiger partial charge in [0.05, 0.1) is 18.8 Å². The standard InChI is InChI=1S/C18H21N7O3/c1-20-15-8-14(23-17-12(16(19)26)9-21-25(15)17)22-13-5-2-6-24(18(13)27)11-4-3-7-28-10-11/h2,5-6,8-9,11,20H,3-4,7,10H2,1H3,(H2,19,26)(H,22,23)/t11-/m1/s1. The summed E-state index contributed by atoms with van der Waals surface area (Å²) in [6.45, 7) is 1.25. The summed E-state index contributed by atoms with van der Waals surface area (Å²) in [5.41, 5.74) is 6.13. The number of hydrogen-bond donors (Lipinski definition) is 3. The van der Waals surface area contributed by atoms with E-state index in [4.69, 9.17) is 10.5 Å². The monoisotopic (exact) mass is 383 g/mol. The number of amides is 1. The Kier molecular flexibility index (Phi) is 4.70. The van der Waals surface area contributed by atoms with E-state index in [-0.39, 0.29) is 17.2 Å². The number of anilines is 3. The Morgan fingerprint density at radius 2 is 2.29 bits per heavy atom. The van der Waals surface area contributed by atoms with Crippen LogP contribution < -0.4 is 21.9 Å². The van der Waals surface area contributed by atoms with E-state index < -0.39 is 5.91 Å². The molecule has 0 bridgehead atoms. The number of carbonyl (C=O) groups is 1. The van der Waals surface area contributed by atoms with Crippen molar-refractivity contribution in [2.24, 2.45) is 5.73 Å². The summed E-state index contributed by atoms with van der Waals surface area (Å²) >= 11 is 0. The van der Waals surface area contributed by atoms with Crippen LogP contribution in [0.4, 0.5) is 17.3 Å². The lowest BCUT2D eigenvalue weighted by Gasteiger charge is -2.24. The normalized spacial score (nSPS) is 16.8. The third-order valence-electron chi connectivity index (χ3n) is 4.76. The van der Waals surface area contributed by atoms with Crippen molar-refractivity contribution in [2.45, 2.75) is 18.9 Å². The molecule has 1 atom stereocenters. The second-order valence-electron chi connectivity index (χ2n) is 6.56. The van der Waals surface area contributed by atoms with Crippen LogP contribution in [-0.4, -0.2) is 45.3 Å². The molecule has 3 aromatic rings. The van der Waals surface area contributed by atoms with E-state index in [1.54, 1.807) is 29.9 Å². The second-order valence-corrected chi connectivity index (χ2v) is 6.56. The molecule has 0 saturated carbocycles. The quantitative estimate of drug-likeness (QED) is 0.602. The van der Waals surface area contributed by atoms with Crippen LogP contribution in [0.2, 0.25) is 0 Å². The molecular formula is C18H21N7O3. The molecule has 28 heavy (non-hydrogen) atoms. The molecule has 3 aromatic heterocycles. The predicted molar refractivity (Wildman–Crippen MR) is 104 cm³/mol. The number of nitrogens with zero attached hydrogens (tertiary/aromatic N) is 4. The maximum Gasteiger partial charge on any atom is 0.274 e. The summed E-state index contributed by atoms with van der Waals surface area (Å²) in [7, 11) is 1.72. The van der Waals surface area contributed by atoms with Gasteiger partial charge in [0.25, 0.3) is 11.5 Å². The van der Waals surface area contributed by atoms with Crippen molar-refractivity contribution in [1.29, 1.82) is 0 Å². The minimum atomic E-state index is -0.624. The molecule has 1 saturated heterocycles. The topological polar surface area (TPSA) is 129 Å². The van der Waals surface area contributed by atoms with E-state index in [1.165, 1.54) is 10.7 Å². The third kappa shape index (κ3) is 3.18. The smallest absolute Gasteiger partial charge is 0.274 e. The average Bonchev–Trinajstić information content (AvgIpc) is 3.14. The molecule has 4 heterocycles. The fraction of sp³-hybridized carbons (Fsp3) is 0.333. The van der Waals surface area contributed by atoms with E-state index in [9.17, 15) is 9.59 Å². The van der Waals surface area contributed by atoms with E-state index in [2.05, 4.69) is 20.7 Å². The van der Waals surface area contributed by atoms with Gasteiger partial charge in [-0.05, 0) is 25.0 Å². The molecule has 10 heteroatoms.